The highest BCUT2D eigenvalue weighted by atomic mass is 79.9. The van der Waals surface area contributed by atoms with Crippen molar-refractivity contribution in [1.29, 1.82) is 0 Å². The summed E-state index contributed by atoms with van der Waals surface area (Å²) in [4.78, 5) is 0. The lowest BCUT2D eigenvalue weighted by Crippen LogP contribution is -2.20. The molecule has 1 N–H and O–H groups in total. The zero-order chi connectivity index (χ0) is 14.2. The van der Waals surface area contributed by atoms with Crippen molar-refractivity contribution in [2.24, 2.45) is 11.8 Å². The summed E-state index contributed by atoms with van der Waals surface area (Å²) in [5.41, 5.74) is 1.55. The third kappa shape index (κ3) is 3.21. The Hall–Kier alpha value is -0.380. The fourth-order valence-electron chi connectivity index (χ4n) is 2.86. The van der Waals surface area contributed by atoms with Gasteiger partial charge in [-0.3, -0.25) is 0 Å². The average molecular weight is 348 g/mol. The van der Waals surface area contributed by atoms with Gasteiger partial charge in [-0.05, 0) is 53.6 Å². The Morgan fingerprint density at radius 2 is 2.16 bits per heavy atom. The van der Waals surface area contributed by atoms with Crippen LogP contribution in [0.1, 0.15) is 38.4 Å². The average Bonchev–Trinajstić information content (AvgIpc) is 2.34. The molecule has 104 valence electrons. The smallest absolute Gasteiger partial charge is 0.148 e. The Morgan fingerprint density at radius 1 is 1.47 bits per heavy atom. The van der Waals surface area contributed by atoms with Gasteiger partial charge in [0.2, 0.25) is 0 Å². The van der Waals surface area contributed by atoms with Crippen LogP contribution >= 0.6 is 27.5 Å². The number of aliphatic hydroxyl groups excluding tert-OH is 1. The number of allylic oxidation sites excluding steroid dienone is 2. The summed E-state index contributed by atoms with van der Waals surface area (Å²) in [6.07, 6.45) is 3.08. The van der Waals surface area contributed by atoms with Gasteiger partial charge in [0.1, 0.15) is 5.82 Å². The molecule has 1 aliphatic rings. The van der Waals surface area contributed by atoms with E-state index in [1.54, 1.807) is 12.1 Å². The van der Waals surface area contributed by atoms with E-state index in [1.165, 1.54) is 5.57 Å². The summed E-state index contributed by atoms with van der Waals surface area (Å²) in [7, 11) is 0. The first-order valence-electron chi connectivity index (χ1n) is 6.39. The van der Waals surface area contributed by atoms with Gasteiger partial charge in [-0.1, -0.05) is 36.2 Å². The van der Waals surface area contributed by atoms with Crippen molar-refractivity contribution in [2.75, 3.05) is 0 Å². The van der Waals surface area contributed by atoms with Gasteiger partial charge in [0.05, 0.1) is 11.1 Å². The van der Waals surface area contributed by atoms with Gasteiger partial charge in [0.15, 0.2) is 0 Å². The lowest BCUT2D eigenvalue weighted by molar-refractivity contribution is 0.0898. The molecule has 0 heterocycles. The van der Waals surface area contributed by atoms with Gasteiger partial charge >= 0.3 is 0 Å². The summed E-state index contributed by atoms with van der Waals surface area (Å²) in [5, 5.41) is 10.5. The Balaban J connectivity index is 2.28. The number of halogens is 3. The second-order valence-corrected chi connectivity index (χ2v) is 6.63. The Kier molecular flexibility index (Phi) is 4.70. The Bertz CT molecular complexity index is 515. The van der Waals surface area contributed by atoms with E-state index in [9.17, 15) is 9.50 Å². The lowest BCUT2D eigenvalue weighted by atomic mass is 9.79. The number of aliphatic hydroxyl groups is 1. The van der Waals surface area contributed by atoms with Crippen LogP contribution in [0.3, 0.4) is 0 Å². The maximum atomic E-state index is 14.1. The van der Waals surface area contributed by atoms with Crippen molar-refractivity contribution in [1.82, 2.24) is 0 Å². The zero-order valence-electron chi connectivity index (χ0n) is 11.0. The molecule has 0 fully saturated rings. The first kappa shape index (κ1) is 15.0. The highest BCUT2D eigenvalue weighted by Crippen LogP contribution is 2.39. The van der Waals surface area contributed by atoms with Crippen molar-refractivity contribution < 1.29 is 9.50 Å². The van der Waals surface area contributed by atoms with E-state index in [2.05, 4.69) is 35.9 Å². The van der Waals surface area contributed by atoms with Crippen LogP contribution in [0.5, 0.6) is 0 Å². The highest BCUT2D eigenvalue weighted by Gasteiger charge is 2.28. The van der Waals surface area contributed by atoms with Crippen LogP contribution in [-0.2, 0) is 0 Å². The normalized spacial score (nSPS) is 25.1. The predicted octanol–water partition coefficient (Wildman–Crippen LogP) is 5.27. The molecule has 0 aromatic heterocycles. The molecule has 0 saturated heterocycles. The Labute approximate surface area is 126 Å². The van der Waals surface area contributed by atoms with Crippen molar-refractivity contribution in [3.8, 4) is 0 Å². The van der Waals surface area contributed by atoms with E-state index < -0.39 is 11.9 Å². The van der Waals surface area contributed by atoms with E-state index in [0.717, 1.165) is 12.8 Å². The van der Waals surface area contributed by atoms with Crippen molar-refractivity contribution >= 4 is 27.5 Å². The minimum atomic E-state index is -0.809. The molecule has 1 aliphatic carbocycles. The summed E-state index contributed by atoms with van der Waals surface area (Å²) < 4.78 is 14.6. The van der Waals surface area contributed by atoms with Crippen LogP contribution in [0.25, 0.3) is 0 Å². The minimum absolute atomic E-state index is 0.0349. The molecule has 4 heteroatoms. The lowest BCUT2D eigenvalue weighted by Gasteiger charge is -2.30. The number of benzene rings is 1. The van der Waals surface area contributed by atoms with Gasteiger partial charge in [0.25, 0.3) is 0 Å². The standard InChI is InChI=1S/C15H17BrClFO/c1-8-5-9(2)7-10(6-8)15(19)11-3-4-12(16)13(17)14(11)18/h3-5,8,10,15,19H,6-7H2,1-2H3. The van der Waals surface area contributed by atoms with Crippen LogP contribution in [0.15, 0.2) is 28.3 Å². The molecule has 0 radical (unpaired) electrons. The molecule has 19 heavy (non-hydrogen) atoms. The number of rotatable bonds is 2. The van der Waals surface area contributed by atoms with Crippen LogP contribution < -0.4 is 0 Å². The topological polar surface area (TPSA) is 20.2 Å². The third-order valence-corrected chi connectivity index (χ3v) is 4.92. The zero-order valence-corrected chi connectivity index (χ0v) is 13.3. The molecule has 3 atom stereocenters. The first-order chi connectivity index (χ1) is 8.90. The molecule has 1 nitrogen and oxygen atoms in total. The first-order valence-corrected chi connectivity index (χ1v) is 7.56. The molecule has 0 saturated carbocycles. The minimum Gasteiger partial charge on any atom is -0.388 e. The van der Waals surface area contributed by atoms with Gasteiger partial charge in [-0.2, -0.15) is 0 Å². The maximum Gasteiger partial charge on any atom is 0.148 e. The van der Waals surface area contributed by atoms with Gasteiger partial charge in [0, 0.05) is 10.0 Å². The van der Waals surface area contributed by atoms with Crippen LogP contribution in [0, 0.1) is 17.7 Å². The number of hydrogen-bond donors (Lipinski definition) is 1. The third-order valence-electron chi connectivity index (χ3n) is 3.66. The molecular formula is C15H17BrClFO. The summed E-state index contributed by atoms with van der Waals surface area (Å²) in [5.74, 6) is -0.0578. The molecule has 3 unspecified atom stereocenters. The summed E-state index contributed by atoms with van der Waals surface area (Å²) >= 11 is 9.06. The fourth-order valence-corrected chi connectivity index (χ4v) is 3.34. The molecule has 1 aromatic carbocycles. The van der Waals surface area contributed by atoms with Crippen molar-refractivity contribution in [3.05, 3.63) is 44.7 Å². The van der Waals surface area contributed by atoms with E-state index in [1.807, 2.05) is 0 Å². The molecule has 0 spiro atoms. The largest absolute Gasteiger partial charge is 0.388 e. The second-order valence-electron chi connectivity index (χ2n) is 5.40. The number of hydrogen-bond acceptors (Lipinski definition) is 1. The maximum absolute atomic E-state index is 14.1. The highest BCUT2D eigenvalue weighted by molar-refractivity contribution is 9.10. The van der Waals surface area contributed by atoms with E-state index in [4.69, 9.17) is 11.6 Å². The van der Waals surface area contributed by atoms with Crippen LogP contribution in [0.4, 0.5) is 4.39 Å². The predicted molar refractivity (Wildman–Crippen MR) is 79.7 cm³/mol. The Morgan fingerprint density at radius 3 is 2.79 bits per heavy atom. The van der Waals surface area contributed by atoms with Crippen molar-refractivity contribution in [3.63, 3.8) is 0 Å². The summed E-state index contributed by atoms with van der Waals surface area (Å²) in [6.45, 7) is 4.17. The molecule has 2 rings (SSSR count). The van der Waals surface area contributed by atoms with E-state index >= 15 is 0 Å². The van der Waals surface area contributed by atoms with E-state index in [0.29, 0.717) is 16.0 Å². The van der Waals surface area contributed by atoms with Gasteiger partial charge < -0.3 is 5.11 Å². The molecule has 1 aromatic rings. The van der Waals surface area contributed by atoms with Crippen molar-refractivity contribution in [2.45, 2.75) is 32.8 Å². The molecule has 0 bridgehead atoms. The summed E-state index contributed by atoms with van der Waals surface area (Å²) in [6, 6.07) is 3.28. The van der Waals surface area contributed by atoms with Crippen LogP contribution in [0.2, 0.25) is 5.02 Å². The molecule has 0 aliphatic heterocycles. The quantitative estimate of drug-likeness (QED) is 0.571. The monoisotopic (exact) mass is 346 g/mol. The van der Waals surface area contributed by atoms with Gasteiger partial charge in [-0.15, -0.1) is 0 Å². The second kappa shape index (κ2) is 5.94. The SMILES string of the molecule is CC1=CC(C)CC(C(O)c2ccc(Br)c(Cl)c2F)C1. The molecule has 0 amide bonds. The van der Waals surface area contributed by atoms with Gasteiger partial charge in [-0.25, -0.2) is 4.39 Å². The van der Waals surface area contributed by atoms with E-state index in [-0.39, 0.29) is 10.9 Å². The fraction of sp³-hybridized carbons (Fsp3) is 0.467. The molecular weight excluding hydrogens is 331 g/mol. The van der Waals surface area contributed by atoms with Crippen LogP contribution in [-0.4, -0.2) is 5.11 Å².